The average Bonchev–Trinajstić information content (AvgIpc) is 3.18. The van der Waals surface area contributed by atoms with Crippen molar-refractivity contribution < 1.29 is 0 Å². The molecule has 0 atom stereocenters. The van der Waals surface area contributed by atoms with E-state index in [1.807, 2.05) is 56.4 Å². The number of aromatic nitrogens is 4. The maximum Gasteiger partial charge on any atom is 0.0952 e. The van der Waals surface area contributed by atoms with Gasteiger partial charge in [-0.2, -0.15) is 0 Å². The lowest BCUT2D eigenvalue weighted by molar-refractivity contribution is 0.799. The molecule has 4 nitrogen and oxygen atoms in total. The molecule has 144 valence electrons. The molecule has 5 rings (SSSR count). The molecule has 4 heteroatoms. The monoisotopic (exact) mass is 380 g/mol. The third-order valence-corrected chi connectivity index (χ3v) is 5.00. The standard InChI is InChI=1S/C14H13N3.C11H11N/c1-11-8-17(10-16-11)9-13-7-15-6-12-4-2-3-5-14(12)13;1-2-9-7-12-8-10-5-3-4-6-11(9)10/h2-8,10H,9H2,1H3;3-8H,2H2,1H3. The Labute approximate surface area is 170 Å². The molecule has 0 amide bonds. The summed E-state index contributed by atoms with van der Waals surface area (Å²) in [5.74, 6) is 0. The Morgan fingerprint density at radius 1 is 0.759 bits per heavy atom. The van der Waals surface area contributed by atoms with E-state index in [1.54, 1.807) is 0 Å². The second-order valence-corrected chi connectivity index (χ2v) is 7.08. The average molecular weight is 380 g/mol. The highest BCUT2D eigenvalue weighted by atomic mass is 15.0. The maximum absolute atomic E-state index is 4.28. The van der Waals surface area contributed by atoms with E-state index in [0.717, 1.165) is 18.7 Å². The minimum Gasteiger partial charge on any atom is -0.333 e. The van der Waals surface area contributed by atoms with Gasteiger partial charge in [-0.25, -0.2) is 4.98 Å². The van der Waals surface area contributed by atoms with Crippen LogP contribution in [0.5, 0.6) is 0 Å². The summed E-state index contributed by atoms with van der Waals surface area (Å²) in [6.45, 7) is 4.97. The Kier molecular flexibility index (Phi) is 5.61. The van der Waals surface area contributed by atoms with Gasteiger partial charge in [-0.15, -0.1) is 0 Å². The molecule has 0 N–H and O–H groups in total. The van der Waals surface area contributed by atoms with Gasteiger partial charge in [-0.1, -0.05) is 55.5 Å². The van der Waals surface area contributed by atoms with Crippen LogP contribution in [0.3, 0.4) is 0 Å². The highest BCUT2D eigenvalue weighted by molar-refractivity contribution is 5.85. The van der Waals surface area contributed by atoms with Crippen molar-refractivity contribution in [1.29, 1.82) is 0 Å². The van der Waals surface area contributed by atoms with E-state index in [-0.39, 0.29) is 0 Å². The normalized spacial score (nSPS) is 10.7. The topological polar surface area (TPSA) is 43.6 Å². The number of imidazole rings is 1. The van der Waals surface area contributed by atoms with Gasteiger partial charge >= 0.3 is 0 Å². The van der Waals surface area contributed by atoms with Gasteiger partial charge in [0, 0.05) is 41.8 Å². The maximum atomic E-state index is 4.28. The number of benzene rings is 2. The lowest BCUT2D eigenvalue weighted by Gasteiger charge is -2.06. The van der Waals surface area contributed by atoms with Crippen LogP contribution in [0.4, 0.5) is 0 Å². The minimum absolute atomic E-state index is 0.815. The zero-order valence-electron chi connectivity index (χ0n) is 16.8. The van der Waals surface area contributed by atoms with Crippen LogP contribution in [-0.2, 0) is 13.0 Å². The molecular weight excluding hydrogens is 356 g/mol. The molecular formula is C25H24N4. The third-order valence-electron chi connectivity index (χ3n) is 5.00. The summed E-state index contributed by atoms with van der Waals surface area (Å²) in [5, 5.41) is 5.00. The fourth-order valence-corrected chi connectivity index (χ4v) is 3.52. The summed E-state index contributed by atoms with van der Waals surface area (Å²) < 4.78 is 2.08. The first-order valence-corrected chi connectivity index (χ1v) is 9.86. The lowest BCUT2D eigenvalue weighted by atomic mass is 10.1. The second-order valence-electron chi connectivity index (χ2n) is 7.08. The summed E-state index contributed by atoms with van der Waals surface area (Å²) in [6.07, 6.45) is 12.6. The van der Waals surface area contributed by atoms with Crippen molar-refractivity contribution in [3.63, 3.8) is 0 Å². The first-order valence-electron chi connectivity index (χ1n) is 9.86. The molecule has 0 unspecified atom stereocenters. The molecule has 0 aliphatic carbocycles. The van der Waals surface area contributed by atoms with Crippen LogP contribution in [0.2, 0.25) is 0 Å². The second kappa shape index (κ2) is 8.65. The van der Waals surface area contributed by atoms with E-state index < -0.39 is 0 Å². The van der Waals surface area contributed by atoms with Crippen LogP contribution in [-0.4, -0.2) is 19.5 Å². The highest BCUT2D eigenvalue weighted by Crippen LogP contribution is 2.18. The largest absolute Gasteiger partial charge is 0.333 e. The van der Waals surface area contributed by atoms with Crippen molar-refractivity contribution in [2.75, 3.05) is 0 Å². The molecule has 3 heterocycles. The Morgan fingerprint density at radius 2 is 1.34 bits per heavy atom. The van der Waals surface area contributed by atoms with Crippen molar-refractivity contribution in [2.24, 2.45) is 0 Å². The van der Waals surface area contributed by atoms with Crippen LogP contribution in [0, 0.1) is 6.92 Å². The van der Waals surface area contributed by atoms with Gasteiger partial charge in [-0.3, -0.25) is 9.97 Å². The molecule has 0 bridgehead atoms. The smallest absolute Gasteiger partial charge is 0.0952 e. The molecule has 2 aromatic carbocycles. The summed E-state index contributed by atoms with van der Waals surface area (Å²) in [4.78, 5) is 12.7. The Bertz CT molecular complexity index is 1230. The van der Waals surface area contributed by atoms with E-state index in [2.05, 4.69) is 62.8 Å². The molecule has 0 saturated carbocycles. The number of nitrogens with zero attached hydrogens (tertiary/aromatic N) is 4. The summed E-state index contributed by atoms with van der Waals surface area (Å²) in [6, 6.07) is 16.7. The Hall–Kier alpha value is -3.53. The number of rotatable bonds is 3. The van der Waals surface area contributed by atoms with Crippen molar-refractivity contribution in [1.82, 2.24) is 19.5 Å². The van der Waals surface area contributed by atoms with Crippen LogP contribution in [0.1, 0.15) is 23.7 Å². The van der Waals surface area contributed by atoms with Gasteiger partial charge < -0.3 is 4.57 Å². The summed E-state index contributed by atoms with van der Waals surface area (Å²) in [5.41, 5.74) is 3.59. The van der Waals surface area contributed by atoms with Gasteiger partial charge in [0.15, 0.2) is 0 Å². The Balaban J connectivity index is 0.000000150. The zero-order valence-corrected chi connectivity index (χ0v) is 16.8. The van der Waals surface area contributed by atoms with Crippen molar-refractivity contribution in [3.8, 4) is 0 Å². The first-order chi connectivity index (χ1) is 14.2. The van der Waals surface area contributed by atoms with Crippen molar-refractivity contribution in [3.05, 3.63) is 103 Å². The van der Waals surface area contributed by atoms with Crippen LogP contribution in [0.15, 0.2) is 85.8 Å². The van der Waals surface area contributed by atoms with Crippen LogP contribution >= 0.6 is 0 Å². The molecule has 3 aromatic heterocycles. The van der Waals surface area contributed by atoms with E-state index >= 15 is 0 Å². The zero-order chi connectivity index (χ0) is 20.1. The van der Waals surface area contributed by atoms with E-state index in [9.17, 15) is 0 Å². The minimum atomic E-state index is 0.815. The Morgan fingerprint density at radius 3 is 1.93 bits per heavy atom. The SMILES string of the molecule is CCc1cncc2ccccc12.Cc1cn(Cc2cncc3ccccc23)cn1. The molecule has 0 radical (unpaired) electrons. The number of aryl methyl sites for hydroxylation is 2. The molecule has 0 spiro atoms. The lowest BCUT2D eigenvalue weighted by Crippen LogP contribution is -1.98. The van der Waals surface area contributed by atoms with Crippen molar-refractivity contribution >= 4 is 21.5 Å². The number of hydrogen-bond acceptors (Lipinski definition) is 3. The molecule has 0 fully saturated rings. The molecule has 0 aliphatic rings. The van der Waals surface area contributed by atoms with E-state index in [0.29, 0.717) is 0 Å². The predicted molar refractivity (Wildman–Crippen MR) is 119 cm³/mol. The van der Waals surface area contributed by atoms with Crippen molar-refractivity contribution in [2.45, 2.75) is 26.8 Å². The first kappa shape index (κ1) is 18.8. The van der Waals surface area contributed by atoms with Gasteiger partial charge in [-0.05, 0) is 35.2 Å². The number of hydrogen-bond donors (Lipinski definition) is 0. The molecule has 5 aromatic rings. The fourth-order valence-electron chi connectivity index (χ4n) is 3.52. The molecule has 0 aliphatic heterocycles. The quantitative estimate of drug-likeness (QED) is 0.410. The highest BCUT2D eigenvalue weighted by Gasteiger charge is 2.02. The van der Waals surface area contributed by atoms with Gasteiger partial charge in [0.2, 0.25) is 0 Å². The van der Waals surface area contributed by atoms with E-state index in [4.69, 9.17) is 0 Å². The molecule has 0 saturated heterocycles. The summed E-state index contributed by atoms with van der Waals surface area (Å²) in [7, 11) is 0. The number of fused-ring (bicyclic) bond motifs is 2. The van der Waals surface area contributed by atoms with Crippen LogP contribution < -0.4 is 0 Å². The van der Waals surface area contributed by atoms with Gasteiger partial charge in [0.25, 0.3) is 0 Å². The predicted octanol–water partition coefficient (Wildman–Crippen LogP) is 5.59. The molecule has 29 heavy (non-hydrogen) atoms. The fraction of sp³-hybridized carbons (Fsp3) is 0.160. The van der Waals surface area contributed by atoms with Gasteiger partial charge in [0.1, 0.15) is 0 Å². The van der Waals surface area contributed by atoms with Gasteiger partial charge in [0.05, 0.1) is 18.6 Å². The van der Waals surface area contributed by atoms with Crippen LogP contribution in [0.25, 0.3) is 21.5 Å². The summed E-state index contributed by atoms with van der Waals surface area (Å²) >= 11 is 0. The number of pyridine rings is 2. The third kappa shape index (κ3) is 4.32. The van der Waals surface area contributed by atoms with E-state index in [1.165, 1.54) is 32.7 Å².